The largest absolute Gasteiger partial charge is 0.497 e. The second kappa shape index (κ2) is 10.4. The van der Waals surface area contributed by atoms with Crippen LogP contribution in [0.25, 0.3) is 28.4 Å². The molecular weight excluding hydrogens is 537 g/mol. The molecule has 5 rings (SSSR count). The van der Waals surface area contributed by atoms with Crippen molar-refractivity contribution in [1.29, 1.82) is 0 Å². The Balaban J connectivity index is 1.64. The van der Waals surface area contributed by atoms with Gasteiger partial charge in [-0.15, -0.1) is 5.10 Å². The highest BCUT2D eigenvalue weighted by atomic mass is 19.4. The number of ether oxygens (including phenoxy) is 3. The summed E-state index contributed by atoms with van der Waals surface area (Å²) in [5, 5.41) is 12.6. The smallest absolute Gasteiger partial charge is 0.435 e. The second-order valence-corrected chi connectivity index (χ2v) is 8.00. The first-order chi connectivity index (χ1) is 19.2. The van der Waals surface area contributed by atoms with E-state index < -0.39 is 17.6 Å². The van der Waals surface area contributed by atoms with E-state index in [0.29, 0.717) is 22.7 Å². The van der Waals surface area contributed by atoms with Crippen LogP contribution in [-0.2, 0) is 6.18 Å². The molecule has 16 heteroatoms. The minimum Gasteiger partial charge on any atom is -0.497 e. The maximum absolute atomic E-state index is 13.4. The zero-order valence-electron chi connectivity index (χ0n) is 21.0. The summed E-state index contributed by atoms with van der Waals surface area (Å²) >= 11 is 0. The molecule has 1 aromatic carbocycles. The molecule has 206 valence electrons. The molecule has 0 radical (unpaired) electrons. The summed E-state index contributed by atoms with van der Waals surface area (Å²) < 4.78 is 61.9. The van der Waals surface area contributed by atoms with Gasteiger partial charge in [0.2, 0.25) is 11.8 Å². The van der Waals surface area contributed by atoms with Crippen LogP contribution in [0, 0.1) is 0 Å². The van der Waals surface area contributed by atoms with Crippen LogP contribution in [0.3, 0.4) is 0 Å². The van der Waals surface area contributed by atoms with Crippen molar-refractivity contribution in [2.24, 2.45) is 0 Å². The van der Waals surface area contributed by atoms with Gasteiger partial charge in [0.15, 0.2) is 11.5 Å². The summed E-state index contributed by atoms with van der Waals surface area (Å²) in [6.45, 7) is 0. The maximum atomic E-state index is 13.4. The molecule has 0 spiro atoms. The second-order valence-electron chi connectivity index (χ2n) is 8.00. The molecule has 0 bridgehead atoms. The van der Waals surface area contributed by atoms with Gasteiger partial charge in [0.25, 0.3) is 5.89 Å². The molecule has 0 saturated carbocycles. The quantitative estimate of drug-likeness (QED) is 0.286. The third-order valence-corrected chi connectivity index (χ3v) is 5.50. The van der Waals surface area contributed by atoms with Crippen molar-refractivity contribution >= 4 is 11.6 Å². The van der Waals surface area contributed by atoms with Crippen molar-refractivity contribution in [3.05, 3.63) is 65.2 Å². The molecule has 13 nitrogen and oxygen atoms in total. The first kappa shape index (κ1) is 26.2. The number of anilines is 2. The fourth-order valence-electron chi connectivity index (χ4n) is 3.67. The fourth-order valence-corrected chi connectivity index (χ4v) is 3.67. The number of rotatable bonds is 8. The highest BCUT2D eigenvalue weighted by Crippen LogP contribution is 2.34. The van der Waals surface area contributed by atoms with Gasteiger partial charge in [-0.2, -0.15) is 23.3 Å². The highest BCUT2D eigenvalue weighted by molar-refractivity contribution is 5.76. The van der Waals surface area contributed by atoms with Crippen LogP contribution in [0.4, 0.5) is 24.8 Å². The number of nitrogens with zero attached hydrogens (tertiary/aromatic N) is 6. The van der Waals surface area contributed by atoms with Crippen LogP contribution in [-0.4, -0.2) is 56.3 Å². The summed E-state index contributed by atoms with van der Waals surface area (Å²) in [7, 11) is 4.34. The summed E-state index contributed by atoms with van der Waals surface area (Å²) in [5.41, 5.74) is 0.172. The number of H-pyrrole nitrogens is 1. The molecule has 0 aliphatic rings. The van der Waals surface area contributed by atoms with E-state index in [1.165, 1.54) is 39.8 Å². The van der Waals surface area contributed by atoms with Crippen molar-refractivity contribution in [3.8, 4) is 45.8 Å². The van der Waals surface area contributed by atoms with Gasteiger partial charge in [-0.1, -0.05) is 0 Å². The van der Waals surface area contributed by atoms with E-state index in [9.17, 15) is 18.0 Å². The fraction of sp³-hybridized carbons (Fsp3) is 0.167. The number of benzene rings is 1. The van der Waals surface area contributed by atoms with Crippen LogP contribution in [0.15, 0.2) is 58.1 Å². The van der Waals surface area contributed by atoms with Gasteiger partial charge in [0.1, 0.15) is 17.1 Å². The number of hydrogen-bond donors (Lipinski definition) is 2. The standard InChI is InChI=1S/C24H19F3N8O5/c1-37-14-7-13(8-15(9-14)38-2)30-22-29-11-17(19(31-22)35-5-4-18(34-35)24(25,26)27)12-6-16(20(39-3)28-10-12)21-32-33-23(36)40-21/h4-11H,1-3H3,(H,33,36)(H,29,30,31). The first-order valence-electron chi connectivity index (χ1n) is 11.3. The number of aromatic amines is 1. The number of hydrogen-bond acceptors (Lipinski definition) is 11. The molecule has 4 heterocycles. The molecule has 0 saturated heterocycles. The number of aromatic nitrogens is 7. The maximum Gasteiger partial charge on any atom is 0.435 e. The molecule has 5 aromatic rings. The van der Waals surface area contributed by atoms with Crippen molar-refractivity contribution in [1.82, 2.24) is 34.9 Å². The van der Waals surface area contributed by atoms with Gasteiger partial charge < -0.3 is 23.9 Å². The minimum atomic E-state index is -4.68. The number of nitrogens with one attached hydrogen (secondary N) is 2. The molecule has 0 atom stereocenters. The predicted molar refractivity (Wildman–Crippen MR) is 133 cm³/mol. The molecule has 0 aliphatic carbocycles. The van der Waals surface area contributed by atoms with Crippen molar-refractivity contribution in [3.63, 3.8) is 0 Å². The monoisotopic (exact) mass is 556 g/mol. The van der Waals surface area contributed by atoms with Crippen LogP contribution in [0.1, 0.15) is 5.69 Å². The van der Waals surface area contributed by atoms with E-state index in [-0.39, 0.29) is 34.7 Å². The summed E-state index contributed by atoms with van der Waals surface area (Å²) in [5.74, 6) is 0.187. The molecule has 0 unspecified atom stereocenters. The Morgan fingerprint density at radius 3 is 2.33 bits per heavy atom. The SMILES string of the molecule is COc1cc(Nc2ncc(-c3cnc(OC)c(-c4n[nH]c(=O)o4)c3)c(-n3ccc(C(F)(F)F)n3)n2)cc(OC)c1. The van der Waals surface area contributed by atoms with Gasteiger partial charge >= 0.3 is 11.9 Å². The normalized spacial score (nSPS) is 11.3. The molecular formula is C24H19F3N8O5. The number of methoxy groups -OCH3 is 3. The zero-order valence-corrected chi connectivity index (χ0v) is 21.0. The van der Waals surface area contributed by atoms with Gasteiger partial charge in [-0.3, -0.25) is 0 Å². The van der Waals surface area contributed by atoms with E-state index in [1.54, 1.807) is 18.2 Å². The van der Waals surface area contributed by atoms with E-state index in [0.717, 1.165) is 16.9 Å². The Kier molecular flexibility index (Phi) is 6.81. The molecule has 40 heavy (non-hydrogen) atoms. The third-order valence-electron chi connectivity index (χ3n) is 5.50. The third kappa shape index (κ3) is 5.27. The van der Waals surface area contributed by atoms with Gasteiger partial charge in [0, 0.05) is 53.6 Å². The lowest BCUT2D eigenvalue weighted by molar-refractivity contribution is -0.141. The Hall–Kier alpha value is -5.41. The van der Waals surface area contributed by atoms with Gasteiger partial charge in [-0.05, 0) is 12.1 Å². The van der Waals surface area contributed by atoms with Crippen LogP contribution in [0.5, 0.6) is 17.4 Å². The number of alkyl halides is 3. The predicted octanol–water partition coefficient (Wildman–Crippen LogP) is 3.86. The lowest BCUT2D eigenvalue weighted by Crippen LogP contribution is -2.10. The number of halogens is 3. The Bertz CT molecular complexity index is 1710. The zero-order chi connectivity index (χ0) is 28.4. The molecule has 0 amide bonds. The van der Waals surface area contributed by atoms with Crippen molar-refractivity contribution < 1.29 is 31.8 Å². The minimum absolute atomic E-state index is 0.00995. The summed E-state index contributed by atoms with van der Waals surface area (Å²) in [4.78, 5) is 24.5. The van der Waals surface area contributed by atoms with Gasteiger partial charge in [-0.25, -0.2) is 24.5 Å². The lowest BCUT2D eigenvalue weighted by Gasteiger charge is -2.14. The van der Waals surface area contributed by atoms with E-state index in [1.807, 2.05) is 0 Å². The topological polar surface area (TPSA) is 155 Å². The van der Waals surface area contributed by atoms with Crippen molar-refractivity contribution in [2.45, 2.75) is 6.18 Å². The Morgan fingerprint density at radius 2 is 1.73 bits per heavy atom. The molecule has 0 aliphatic heterocycles. The summed E-state index contributed by atoms with van der Waals surface area (Å²) in [6.07, 6.45) is -0.783. The molecule has 0 fully saturated rings. The van der Waals surface area contributed by atoms with Gasteiger partial charge in [0.05, 0.1) is 21.3 Å². The van der Waals surface area contributed by atoms with E-state index in [2.05, 4.69) is 35.6 Å². The Morgan fingerprint density at radius 1 is 0.975 bits per heavy atom. The number of pyridine rings is 1. The average molecular weight is 556 g/mol. The molecule has 4 aromatic heterocycles. The summed E-state index contributed by atoms with van der Waals surface area (Å²) in [6, 6.07) is 7.32. The van der Waals surface area contributed by atoms with Crippen LogP contribution in [0.2, 0.25) is 0 Å². The lowest BCUT2D eigenvalue weighted by atomic mass is 10.1. The van der Waals surface area contributed by atoms with Crippen LogP contribution >= 0.6 is 0 Å². The molecule has 2 N–H and O–H groups in total. The van der Waals surface area contributed by atoms with E-state index in [4.69, 9.17) is 18.6 Å². The average Bonchev–Trinajstić information content (AvgIpc) is 3.62. The van der Waals surface area contributed by atoms with Crippen molar-refractivity contribution in [2.75, 3.05) is 26.6 Å². The van der Waals surface area contributed by atoms with Crippen LogP contribution < -0.4 is 25.3 Å². The highest BCUT2D eigenvalue weighted by Gasteiger charge is 2.34. The van der Waals surface area contributed by atoms with E-state index >= 15 is 0 Å². The first-order valence-corrected chi connectivity index (χ1v) is 11.3. The Labute approximate surface area is 222 Å².